The van der Waals surface area contributed by atoms with Gasteiger partial charge in [-0.15, -0.1) is 0 Å². The highest BCUT2D eigenvalue weighted by Gasteiger charge is 2.25. The van der Waals surface area contributed by atoms with Crippen LogP contribution < -0.4 is 4.74 Å². The summed E-state index contributed by atoms with van der Waals surface area (Å²) >= 11 is 5.91. The van der Waals surface area contributed by atoms with Crippen molar-refractivity contribution in [1.29, 1.82) is 0 Å². The SMILES string of the molecule is C/C(=C\c1cnc(CN2CCC(c3cccc(OCc4ccc(Cl)cn4)n3)CC2)n1C[C@@H]1CCO1)OC=O. The zero-order valence-corrected chi connectivity index (χ0v) is 22.2. The lowest BCUT2D eigenvalue weighted by Gasteiger charge is -2.32. The number of imidazole rings is 1. The van der Waals surface area contributed by atoms with Crippen LogP contribution in [-0.2, 0) is 34.0 Å². The van der Waals surface area contributed by atoms with Crippen LogP contribution in [0, 0.1) is 0 Å². The maximum atomic E-state index is 10.7. The zero-order valence-electron chi connectivity index (χ0n) is 21.5. The molecule has 2 aliphatic rings. The second kappa shape index (κ2) is 12.5. The minimum atomic E-state index is 0.198. The number of allylic oxidation sites excluding steroid dienone is 1. The van der Waals surface area contributed by atoms with Gasteiger partial charge in [0, 0.05) is 36.6 Å². The Morgan fingerprint density at radius 3 is 2.71 bits per heavy atom. The van der Waals surface area contributed by atoms with Gasteiger partial charge in [-0.1, -0.05) is 17.7 Å². The highest BCUT2D eigenvalue weighted by Crippen LogP contribution is 2.29. The molecule has 2 saturated heterocycles. The third-order valence-corrected chi connectivity index (χ3v) is 7.23. The molecule has 5 rings (SSSR count). The van der Waals surface area contributed by atoms with Crippen LogP contribution in [0.25, 0.3) is 6.08 Å². The first kappa shape index (κ1) is 26.3. The molecule has 9 nitrogen and oxygen atoms in total. The second-order valence-corrected chi connectivity index (χ2v) is 10.1. The normalized spacial score (nSPS) is 18.7. The van der Waals surface area contributed by atoms with E-state index in [1.54, 1.807) is 19.2 Å². The maximum Gasteiger partial charge on any atom is 0.298 e. The molecule has 2 fully saturated rings. The van der Waals surface area contributed by atoms with Crippen molar-refractivity contribution < 1.29 is 19.0 Å². The van der Waals surface area contributed by atoms with Crippen molar-refractivity contribution in [3.63, 3.8) is 0 Å². The van der Waals surface area contributed by atoms with Gasteiger partial charge in [-0.25, -0.2) is 9.97 Å². The largest absolute Gasteiger partial charge is 0.471 e. The Balaban J connectivity index is 1.18. The number of hydrogen-bond acceptors (Lipinski definition) is 8. The molecule has 0 aliphatic carbocycles. The number of aromatic nitrogens is 4. The van der Waals surface area contributed by atoms with E-state index in [1.165, 1.54) is 0 Å². The molecule has 2 aliphatic heterocycles. The highest BCUT2D eigenvalue weighted by atomic mass is 35.5. The number of pyridine rings is 2. The Hall–Kier alpha value is -3.27. The van der Waals surface area contributed by atoms with Gasteiger partial charge in [-0.05, 0) is 57.5 Å². The number of halogens is 1. The zero-order chi connectivity index (χ0) is 26.3. The van der Waals surface area contributed by atoms with Crippen molar-refractivity contribution in [3.8, 4) is 5.88 Å². The molecule has 10 heteroatoms. The van der Waals surface area contributed by atoms with Gasteiger partial charge in [0.05, 0.1) is 41.8 Å². The smallest absolute Gasteiger partial charge is 0.298 e. The van der Waals surface area contributed by atoms with Crippen LogP contribution in [0.2, 0.25) is 5.02 Å². The molecule has 1 atom stereocenters. The van der Waals surface area contributed by atoms with E-state index in [0.717, 1.165) is 75.0 Å². The molecule has 0 amide bonds. The van der Waals surface area contributed by atoms with Crippen molar-refractivity contribution in [2.75, 3.05) is 19.7 Å². The number of likely N-dealkylation sites (tertiary alicyclic amines) is 1. The summed E-state index contributed by atoms with van der Waals surface area (Å²) in [6.07, 6.45) is 8.58. The number of nitrogens with zero attached hydrogens (tertiary/aromatic N) is 5. The topological polar surface area (TPSA) is 91.6 Å². The average molecular weight is 538 g/mol. The van der Waals surface area contributed by atoms with Crippen molar-refractivity contribution >= 4 is 24.1 Å². The predicted molar refractivity (Wildman–Crippen MR) is 142 cm³/mol. The van der Waals surface area contributed by atoms with Crippen LogP contribution in [0.15, 0.2) is 48.5 Å². The van der Waals surface area contributed by atoms with Crippen LogP contribution in [0.3, 0.4) is 0 Å². The number of carbonyl (C=O) groups is 1. The van der Waals surface area contributed by atoms with Gasteiger partial charge in [0.2, 0.25) is 5.88 Å². The van der Waals surface area contributed by atoms with Gasteiger partial charge in [-0.2, -0.15) is 0 Å². The summed E-state index contributed by atoms with van der Waals surface area (Å²) in [6, 6.07) is 9.63. The van der Waals surface area contributed by atoms with Crippen molar-refractivity contribution in [2.24, 2.45) is 0 Å². The van der Waals surface area contributed by atoms with Crippen LogP contribution in [0.5, 0.6) is 5.88 Å². The first-order valence-electron chi connectivity index (χ1n) is 12.9. The van der Waals surface area contributed by atoms with Gasteiger partial charge >= 0.3 is 0 Å². The quantitative estimate of drug-likeness (QED) is 0.259. The van der Waals surface area contributed by atoms with E-state index in [1.807, 2.05) is 30.5 Å². The Morgan fingerprint density at radius 1 is 1.16 bits per heavy atom. The van der Waals surface area contributed by atoms with E-state index in [0.29, 0.717) is 35.7 Å². The Morgan fingerprint density at radius 2 is 2.00 bits per heavy atom. The summed E-state index contributed by atoms with van der Waals surface area (Å²) in [5.74, 6) is 2.52. The monoisotopic (exact) mass is 537 g/mol. The van der Waals surface area contributed by atoms with Gasteiger partial charge in [-0.3, -0.25) is 14.7 Å². The fraction of sp³-hybridized carbons (Fsp3) is 0.429. The van der Waals surface area contributed by atoms with Crippen molar-refractivity contribution in [2.45, 2.75) is 57.9 Å². The molecule has 38 heavy (non-hydrogen) atoms. The molecule has 3 aromatic heterocycles. The number of ether oxygens (including phenoxy) is 3. The molecule has 5 heterocycles. The average Bonchev–Trinajstić information content (AvgIpc) is 3.27. The van der Waals surface area contributed by atoms with Crippen LogP contribution >= 0.6 is 11.6 Å². The van der Waals surface area contributed by atoms with E-state index >= 15 is 0 Å². The lowest BCUT2D eigenvalue weighted by molar-refractivity contribution is -0.124. The van der Waals surface area contributed by atoms with E-state index in [2.05, 4.69) is 20.5 Å². The summed E-state index contributed by atoms with van der Waals surface area (Å²) in [5, 5.41) is 0.605. The fourth-order valence-corrected chi connectivity index (χ4v) is 4.91. The molecule has 0 radical (unpaired) electrons. The Labute approximate surface area is 227 Å². The second-order valence-electron chi connectivity index (χ2n) is 9.67. The van der Waals surface area contributed by atoms with Crippen LogP contribution in [0.4, 0.5) is 0 Å². The molecule has 0 unspecified atom stereocenters. The lowest BCUT2D eigenvalue weighted by Crippen LogP contribution is -2.35. The van der Waals surface area contributed by atoms with Crippen molar-refractivity contribution in [1.82, 2.24) is 24.4 Å². The van der Waals surface area contributed by atoms with E-state index < -0.39 is 0 Å². The standard InChI is InChI=1S/C28H32ClN5O4/c1-20(38-19-35)13-24-15-31-27(34(24)16-25-9-12-36-25)17-33-10-7-21(8-11-33)26-3-2-4-28(32-26)37-18-23-6-5-22(29)14-30-23/h2-6,13-15,19,21,25H,7-12,16-18H2,1H3/b20-13+/t25-/m0/s1. The van der Waals surface area contributed by atoms with Gasteiger partial charge < -0.3 is 18.8 Å². The van der Waals surface area contributed by atoms with E-state index in [9.17, 15) is 4.79 Å². The number of hydrogen-bond donors (Lipinski definition) is 0. The molecule has 3 aromatic rings. The molecule has 0 aromatic carbocycles. The number of carbonyl (C=O) groups excluding carboxylic acids is 1. The molecule has 0 N–H and O–H groups in total. The molecule has 0 bridgehead atoms. The van der Waals surface area contributed by atoms with Crippen LogP contribution in [-0.4, -0.2) is 56.7 Å². The van der Waals surface area contributed by atoms with Gasteiger partial charge in [0.1, 0.15) is 18.2 Å². The minimum Gasteiger partial charge on any atom is -0.471 e. The third kappa shape index (κ3) is 6.78. The van der Waals surface area contributed by atoms with Gasteiger partial charge in [0.15, 0.2) is 0 Å². The first-order valence-corrected chi connectivity index (χ1v) is 13.3. The highest BCUT2D eigenvalue weighted by molar-refractivity contribution is 6.30. The molecule has 0 spiro atoms. The summed E-state index contributed by atoms with van der Waals surface area (Å²) < 4.78 is 18.7. The predicted octanol–water partition coefficient (Wildman–Crippen LogP) is 4.61. The fourth-order valence-electron chi connectivity index (χ4n) is 4.80. The van der Waals surface area contributed by atoms with E-state index in [4.69, 9.17) is 35.8 Å². The van der Waals surface area contributed by atoms with Crippen LogP contribution in [0.1, 0.15) is 55.0 Å². The molecular weight excluding hydrogens is 506 g/mol. The summed E-state index contributed by atoms with van der Waals surface area (Å²) in [6.45, 7) is 6.77. The first-order chi connectivity index (χ1) is 18.6. The molecular formula is C28H32ClN5O4. The number of rotatable bonds is 11. The Kier molecular flexibility index (Phi) is 8.68. The van der Waals surface area contributed by atoms with Crippen molar-refractivity contribution in [3.05, 3.63) is 76.4 Å². The third-order valence-electron chi connectivity index (χ3n) is 7.01. The number of piperidine rings is 1. The van der Waals surface area contributed by atoms with Gasteiger partial charge in [0.25, 0.3) is 6.47 Å². The summed E-state index contributed by atoms with van der Waals surface area (Å²) in [5.41, 5.74) is 2.79. The molecule has 200 valence electrons. The Bertz CT molecular complexity index is 1250. The minimum absolute atomic E-state index is 0.198. The lowest BCUT2D eigenvalue weighted by atomic mass is 9.93. The van der Waals surface area contributed by atoms with E-state index in [-0.39, 0.29) is 6.10 Å². The summed E-state index contributed by atoms with van der Waals surface area (Å²) in [7, 11) is 0. The maximum absolute atomic E-state index is 10.7. The summed E-state index contributed by atoms with van der Waals surface area (Å²) in [4.78, 5) is 26.9. The molecule has 0 saturated carbocycles.